The summed E-state index contributed by atoms with van der Waals surface area (Å²) in [4.78, 5) is 16.7. The van der Waals surface area contributed by atoms with Crippen LogP contribution in [-0.2, 0) is 0 Å². The average Bonchev–Trinajstić information content (AvgIpc) is 2.46. The Morgan fingerprint density at radius 2 is 2.05 bits per heavy atom. The first-order valence-electron chi connectivity index (χ1n) is 7.07. The van der Waals surface area contributed by atoms with Gasteiger partial charge < -0.3 is 11.1 Å². The highest BCUT2D eigenvalue weighted by molar-refractivity contribution is 6.06. The first kappa shape index (κ1) is 14.5. The molecule has 0 aliphatic carbocycles. The molecule has 0 spiro atoms. The van der Waals surface area contributed by atoms with Gasteiger partial charge in [-0.05, 0) is 38.4 Å². The van der Waals surface area contributed by atoms with E-state index in [0.717, 1.165) is 35.9 Å². The molecule has 3 N–H and O–H groups in total. The van der Waals surface area contributed by atoms with E-state index in [1.807, 2.05) is 37.3 Å². The number of nitrogens with zero attached hydrogens (tertiary/aromatic N) is 1. The lowest BCUT2D eigenvalue weighted by Gasteiger charge is -2.09. The van der Waals surface area contributed by atoms with Crippen LogP contribution in [0, 0.1) is 6.92 Å². The number of unbranched alkanes of at least 4 members (excludes halogenated alkanes) is 2. The second-order valence-corrected chi connectivity index (χ2v) is 4.93. The van der Waals surface area contributed by atoms with Crippen molar-refractivity contribution in [3.05, 3.63) is 41.6 Å². The van der Waals surface area contributed by atoms with Crippen molar-refractivity contribution >= 4 is 16.8 Å². The number of nitrogens with one attached hydrogen (secondary N) is 1. The molecule has 106 valence electrons. The van der Waals surface area contributed by atoms with E-state index in [1.54, 1.807) is 0 Å². The smallest absolute Gasteiger partial charge is 0.252 e. The van der Waals surface area contributed by atoms with Crippen LogP contribution >= 0.6 is 0 Å². The second-order valence-electron chi connectivity index (χ2n) is 4.93. The van der Waals surface area contributed by atoms with Gasteiger partial charge in [-0.25, -0.2) is 0 Å². The molecule has 0 aliphatic rings. The Kier molecular flexibility index (Phi) is 5.07. The van der Waals surface area contributed by atoms with Gasteiger partial charge >= 0.3 is 0 Å². The summed E-state index contributed by atoms with van der Waals surface area (Å²) in [5.41, 5.74) is 7.87. The Bertz CT molecular complexity index is 595. The number of fused-ring (bicyclic) bond motifs is 1. The monoisotopic (exact) mass is 271 g/mol. The maximum atomic E-state index is 12.3. The van der Waals surface area contributed by atoms with E-state index in [1.165, 1.54) is 0 Å². The Morgan fingerprint density at radius 1 is 1.25 bits per heavy atom. The molecule has 1 amide bonds. The zero-order chi connectivity index (χ0) is 14.4. The molecule has 1 aromatic heterocycles. The van der Waals surface area contributed by atoms with Crippen molar-refractivity contribution in [3.8, 4) is 0 Å². The van der Waals surface area contributed by atoms with E-state index < -0.39 is 0 Å². The van der Waals surface area contributed by atoms with Gasteiger partial charge in [0.15, 0.2) is 0 Å². The molecule has 0 radical (unpaired) electrons. The summed E-state index contributed by atoms with van der Waals surface area (Å²) < 4.78 is 0. The third-order valence-electron chi connectivity index (χ3n) is 3.26. The third kappa shape index (κ3) is 3.54. The van der Waals surface area contributed by atoms with E-state index in [-0.39, 0.29) is 5.91 Å². The molecule has 4 nitrogen and oxygen atoms in total. The largest absolute Gasteiger partial charge is 0.352 e. The van der Waals surface area contributed by atoms with Gasteiger partial charge in [-0.2, -0.15) is 0 Å². The highest BCUT2D eigenvalue weighted by Crippen LogP contribution is 2.18. The molecule has 0 aliphatic heterocycles. The van der Waals surface area contributed by atoms with Crippen LogP contribution < -0.4 is 11.1 Å². The lowest BCUT2D eigenvalue weighted by molar-refractivity contribution is 0.0954. The first-order chi connectivity index (χ1) is 9.72. The highest BCUT2D eigenvalue weighted by atomic mass is 16.1. The first-order valence-corrected chi connectivity index (χ1v) is 7.07. The molecule has 0 bridgehead atoms. The molecule has 0 atom stereocenters. The SMILES string of the molecule is Cc1cc(C(=O)NCCCCCN)c2ccccc2n1. The van der Waals surface area contributed by atoms with Crippen LogP contribution in [0.1, 0.15) is 35.3 Å². The quantitative estimate of drug-likeness (QED) is 0.793. The van der Waals surface area contributed by atoms with Gasteiger partial charge in [0.2, 0.25) is 0 Å². The van der Waals surface area contributed by atoms with Gasteiger partial charge in [-0.3, -0.25) is 9.78 Å². The molecule has 4 heteroatoms. The number of pyridine rings is 1. The summed E-state index contributed by atoms with van der Waals surface area (Å²) in [6.45, 7) is 3.31. The summed E-state index contributed by atoms with van der Waals surface area (Å²) in [5, 5.41) is 3.87. The minimum atomic E-state index is -0.0283. The van der Waals surface area contributed by atoms with E-state index in [4.69, 9.17) is 5.73 Å². The summed E-state index contributed by atoms with van der Waals surface area (Å²) in [6, 6.07) is 9.57. The Morgan fingerprint density at radius 3 is 2.85 bits per heavy atom. The van der Waals surface area contributed by atoms with E-state index >= 15 is 0 Å². The summed E-state index contributed by atoms with van der Waals surface area (Å²) >= 11 is 0. The Labute approximate surface area is 119 Å². The van der Waals surface area contributed by atoms with E-state index in [2.05, 4.69) is 10.3 Å². The van der Waals surface area contributed by atoms with Crippen LogP contribution in [0.5, 0.6) is 0 Å². The zero-order valence-electron chi connectivity index (χ0n) is 11.9. The molecule has 0 saturated carbocycles. The molecule has 1 heterocycles. The van der Waals surface area contributed by atoms with Crippen molar-refractivity contribution in [2.45, 2.75) is 26.2 Å². The molecular weight excluding hydrogens is 250 g/mol. The zero-order valence-corrected chi connectivity index (χ0v) is 11.9. The Balaban J connectivity index is 2.09. The summed E-state index contributed by atoms with van der Waals surface area (Å²) in [7, 11) is 0. The van der Waals surface area contributed by atoms with Gasteiger partial charge in [0.1, 0.15) is 0 Å². The number of aryl methyl sites for hydroxylation is 1. The summed E-state index contributed by atoms with van der Waals surface area (Å²) in [6.07, 6.45) is 3.02. The highest BCUT2D eigenvalue weighted by Gasteiger charge is 2.10. The molecule has 0 fully saturated rings. The number of amides is 1. The third-order valence-corrected chi connectivity index (χ3v) is 3.26. The number of rotatable bonds is 6. The van der Waals surface area contributed by atoms with Gasteiger partial charge in [-0.1, -0.05) is 24.6 Å². The van der Waals surface area contributed by atoms with Crippen LogP contribution in [0.15, 0.2) is 30.3 Å². The van der Waals surface area contributed by atoms with Crippen molar-refractivity contribution in [1.82, 2.24) is 10.3 Å². The minimum absolute atomic E-state index is 0.0283. The fourth-order valence-corrected chi connectivity index (χ4v) is 2.24. The second kappa shape index (κ2) is 7.01. The number of benzene rings is 1. The predicted octanol–water partition coefficient (Wildman–Crippen LogP) is 2.40. The van der Waals surface area contributed by atoms with Crippen molar-refractivity contribution in [2.24, 2.45) is 5.73 Å². The number of carbonyl (C=O) groups is 1. The number of hydrogen-bond donors (Lipinski definition) is 2. The topological polar surface area (TPSA) is 68.0 Å². The lowest BCUT2D eigenvalue weighted by Crippen LogP contribution is -2.25. The van der Waals surface area contributed by atoms with Crippen molar-refractivity contribution in [2.75, 3.05) is 13.1 Å². The van der Waals surface area contributed by atoms with Gasteiger partial charge in [-0.15, -0.1) is 0 Å². The molecule has 20 heavy (non-hydrogen) atoms. The molecule has 0 saturated heterocycles. The number of hydrogen-bond acceptors (Lipinski definition) is 3. The molecular formula is C16H21N3O. The standard InChI is InChI=1S/C16H21N3O/c1-12-11-14(13-7-3-4-8-15(13)19-12)16(20)18-10-6-2-5-9-17/h3-4,7-8,11H,2,5-6,9-10,17H2,1H3,(H,18,20). The fraction of sp³-hybridized carbons (Fsp3) is 0.375. The number of carbonyl (C=O) groups excluding carboxylic acids is 1. The number of para-hydroxylation sites is 1. The Hall–Kier alpha value is -1.94. The number of aromatic nitrogens is 1. The lowest BCUT2D eigenvalue weighted by atomic mass is 10.1. The van der Waals surface area contributed by atoms with Gasteiger partial charge in [0.25, 0.3) is 5.91 Å². The normalized spacial score (nSPS) is 10.7. The van der Waals surface area contributed by atoms with E-state index in [9.17, 15) is 4.79 Å². The molecule has 1 aromatic carbocycles. The molecule has 2 aromatic rings. The van der Waals surface area contributed by atoms with Crippen molar-refractivity contribution < 1.29 is 4.79 Å². The molecule has 2 rings (SSSR count). The maximum absolute atomic E-state index is 12.3. The molecule has 0 unspecified atom stereocenters. The van der Waals surface area contributed by atoms with Crippen LogP contribution in [0.4, 0.5) is 0 Å². The van der Waals surface area contributed by atoms with Crippen molar-refractivity contribution in [1.29, 1.82) is 0 Å². The van der Waals surface area contributed by atoms with Crippen molar-refractivity contribution in [3.63, 3.8) is 0 Å². The minimum Gasteiger partial charge on any atom is -0.352 e. The van der Waals surface area contributed by atoms with Gasteiger partial charge in [0.05, 0.1) is 11.1 Å². The fourth-order valence-electron chi connectivity index (χ4n) is 2.24. The number of nitrogens with two attached hydrogens (primary N) is 1. The summed E-state index contributed by atoms with van der Waals surface area (Å²) in [5.74, 6) is -0.0283. The van der Waals surface area contributed by atoms with Gasteiger partial charge in [0, 0.05) is 17.6 Å². The average molecular weight is 271 g/mol. The maximum Gasteiger partial charge on any atom is 0.252 e. The van der Waals surface area contributed by atoms with Crippen LogP contribution in [0.25, 0.3) is 10.9 Å². The van der Waals surface area contributed by atoms with Crippen LogP contribution in [-0.4, -0.2) is 24.0 Å². The van der Waals surface area contributed by atoms with Crippen LogP contribution in [0.3, 0.4) is 0 Å². The predicted molar refractivity (Wildman–Crippen MR) is 81.7 cm³/mol. The van der Waals surface area contributed by atoms with E-state index in [0.29, 0.717) is 18.7 Å². The van der Waals surface area contributed by atoms with Crippen LogP contribution in [0.2, 0.25) is 0 Å².